The van der Waals surface area contributed by atoms with Gasteiger partial charge in [-0.3, -0.25) is 9.59 Å². The minimum atomic E-state index is -0.248. The first-order chi connectivity index (χ1) is 7.11. The number of hydrogen-bond acceptors (Lipinski definition) is 3. The lowest BCUT2D eigenvalue weighted by Gasteiger charge is -2.05. The number of amides is 2. The van der Waals surface area contributed by atoms with Crippen molar-refractivity contribution in [2.24, 2.45) is 5.73 Å². The summed E-state index contributed by atoms with van der Waals surface area (Å²) < 4.78 is 0. The molecule has 0 aliphatic rings. The molecule has 0 spiro atoms. The van der Waals surface area contributed by atoms with E-state index in [0.717, 1.165) is 0 Å². The quantitative estimate of drug-likeness (QED) is 0.740. The van der Waals surface area contributed by atoms with Crippen molar-refractivity contribution < 1.29 is 9.59 Å². The summed E-state index contributed by atoms with van der Waals surface area (Å²) in [5, 5.41) is 5.22. The van der Waals surface area contributed by atoms with Gasteiger partial charge in [0.2, 0.25) is 11.8 Å². The van der Waals surface area contributed by atoms with Crippen molar-refractivity contribution in [1.82, 2.24) is 0 Å². The van der Waals surface area contributed by atoms with Crippen LogP contribution in [0.15, 0.2) is 24.3 Å². The number of carbonyl (C=O) groups is 2. The van der Waals surface area contributed by atoms with E-state index in [1.54, 1.807) is 24.3 Å². The van der Waals surface area contributed by atoms with Crippen LogP contribution < -0.4 is 16.4 Å². The van der Waals surface area contributed by atoms with Gasteiger partial charge in [-0.2, -0.15) is 0 Å². The summed E-state index contributed by atoms with van der Waals surface area (Å²) in [4.78, 5) is 21.7. The van der Waals surface area contributed by atoms with Gasteiger partial charge in [0, 0.05) is 18.3 Å². The average molecular weight is 244 g/mol. The molecule has 0 aliphatic carbocycles. The van der Waals surface area contributed by atoms with E-state index in [1.807, 2.05) is 0 Å². The lowest BCUT2D eigenvalue weighted by molar-refractivity contribution is -0.115. The molecule has 2 amide bonds. The lowest BCUT2D eigenvalue weighted by Crippen LogP contribution is -2.21. The van der Waals surface area contributed by atoms with E-state index in [0.29, 0.717) is 11.4 Å². The van der Waals surface area contributed by atoms with E-state index in [2.05, 4.69) is 10.6 Å². The lowest BCUT2D eigenvalue weighted by atomic mass is 10.2. The van der Waals surface area contributed by atoms with Crippen molar-refractivity contribution in [3.05, 3.63) is 24.3 Å². The Hall–Kier alpha value is -1.59. The smallest absolute Gasteiger partial charge is 0.238 e. The fourth-order valence-corrected chi connectivity index (χ4v) is 1.05. The molecule has 1 aromatic carbocycles. The van der Waals surface area contributed by atoms with Crippen molar-refractivity contribution in [2.45, 2.75) is 6.92 Å². The van der Waals surface area contributed by atoms with E-state index in [9.17, 15) is 9.59 Å². The molecule has 0 aromatic heterocycles. The molecule has 16 heavy (non-hydrogen) atoms. The molecule has 1 aromatic rings. The predicted octanol–water partition coefficient (Wildman–Crippen LogP) is 0.964. The number of halogens is 1. The van der Waals surface area contributed by atoms with Crippen LogP contribution in [0, 0.1) is 0 Å². The van der Waals surface area contributed by atoms with Crippen molar-refractivity contribution in [2.75, 3.05) is 17.2 Å². The number of hydrogen-bond donors (Lipinski definition) is 3. The molecule has 88 valence electrons. The molecule has 0 atom stereocenters. The molecular weight excluding hydrogens is 230 g/mol. The Balaban J connectivity index is 0.00000225. The summed E-state index contributed by atoms with van der Waals surface area (Å²) in [6.45, 7) is 1.39. The molecule has 0 bridgehead atoms. The van der Waals surface area contributed by atoms with Crippen LogP contribution in [0.3, 0.4) is 0 Å². The van der Waals surface area contributed by atoms with Crippen LogP contribution in [0.1, 0.15) is 6.92 Å². The Labute approximate surface area is 99.8 Å². The maximum atomic E-state index is 10.9. The molecule has 0 radical (unpaired) electrons. The van der Waals surface area contributed by atoms with Crippen LogP contribution in [0.4, 0.5) is 11.4 Å². The first kappa shape index (κ1) is 14.4. The fraction of sp³-hybridized carbons (Fsp3) is 0.200. The van der Waals surface area contributed by atoms with Crippen molar-refractivity contribution in [3.63, 3.8) is 0 Å². The summed E-state index contributed by atoms with van der Waals surface area (Å²) in [5.74, 6) is -0.379. The van der Waals surface area contributed by atoms with Crippen molar-refractivity contribution in [1.29, 1.82) is 0 Å². The zero-order chi connectivity index (χ0) is 11.3. The van der Waals surface area contributed by atoms with Gasteiger partial charge in [-0.1, -0.05) is 0 Å². The second-order valence-electron chi connectivity index (χ2n) is 3.01. The number of nitrogens with two attached hydrogens (primary N) is 1. The summed E-state index contributed by atoms with van der Waals surface area (Å²) in [6.07, 6.45) is 0. The highest BCUT2D eigenvalue weighted by atomic mass is 35.5. The zero-order valence-electron chi connectivity index (χ0n) is 8.82. The van der Waals surface area contributed by atoms with Crippen LogP contribution in [0.25, 0.3) is 0 Å². The highest BCUT2D eigenvalue weighted by Gasteiger charge is 1.99. The van der Waals surface area contributed by atoms with Gasteiger partial charge in [-0.15, -0.1) is 12.4 Å². The summed E-state index contributed by atoms with van der Waals surface area (Å²) in [5.41, 5.74) is 6.49. The van der Waals surface area contributed by atoms with E-state index in [4.69, 9.17) is 5.73 Å². The van der Waals surface area contributed by atoms with Crippen LogP contribution in [-0.2, 0) is 9.59 Å². The SMILES string of the molecule is CC(=O)Nc1ccc(NC(=O)CN)cc1.Cl. The molecule has 0 saturated heterocycles. The number of nitrogens with one attached hydrogen (secondary N) is 2. The normalized spacial score (nSPS) is 8.88. The molecule has 0 aliphatic heterocycles. The van der Waals surface area contributed by atoms with Gasteiger partial charge in [0.05, 0.1) is 6.54 Å². The molecule has 4 N–H and O–H groups in total. The second-order valence-corrected chi connectivity index (χ2v) is 3.01. The van der Waals surface area contributed by atoms with Gasteiger partial charge in [-0.05, 0) is 24.3 Å². The summed E-state index contributed by atoms with van der Waals surface area (Å²) in [7, 11) is 0. The van der Waals surface area contributed by atoms with Gasteiger partial charge < -0.3 is 16.4 Å². The maximum Gasteiger partial charge on any atom is 0.238 e. The van der Waals surface area contributed by atoms with Gasteiger partial charge in [-0.25, -0.2) is 0 Å². The van der Waals surface area contributed by atoms with Crippen LogP contribution in [0.2, 0.25) is 0 Å². The fourth-order valence-electron chi connectivity index (χ4n) is 1.05. The van der Waals surface area contributed by atoms with Gasteiger partial charge in [0.15, 0.2) is 0 Å². The predicted molar refractivity (Wildman–Crippen MR) is 65.7 cm³/mol. The summed E-state index contributed by atoms with van der Waals surface area (Å²) in [6, 6.07) is 6.79. The topological polar surface area (TPSA) is 84.2 Å². The average Bonchev–Trinajstić information content (AvgIpc) is 2.20. The standard InChI is InChI=1S/C10H13N3O2.ClH/c1-7(14)12-8-2-4-9(5-3-8)13-10(15)6-11;/h2-5H,6,11H2,1H3,(H,12,14)(H,13,15);1H. The van der Waals surface area contributed by atoms with E-state index in [-0.39, 0.29) is 30.8 Å². The molecule has 1 rings (SSSR count). The molecule has 0 fully saturated rings. The Morgan fingerprint density at radius 1 is 1.12 bits per heavy atom. The van der Waals surface area contributed by atoms with Gasteiger partial charge >= 0.3 is 0 Å². The highest BCUT2D eigenvalue weighted by Crippen LogP contribution is 2.13. The molecule has 0 saturated carbocycles. The first-order valence-corrected chi connectivity index (χ1v) is 4.49. The third-order valence-corrected chi connectivity index (χ3v) is 1.67. The third kappa shape index (κ3) is 4.77. The molecule has 5 nitrogen and oxygen atoms in total. The zero-order valence-corrected chi connectivity index (χ0v) is 9.64. The van der Waals surface area contributed by atoms with Gasteiger partial charge in [0.1, 0.15) is 0 Å². The van der Waals surface area contributed by atoms with Gasteiger partial charge in [0.25, 0.3) is 0 Å². The number of benzene rings is 1. The Bertz CT molecular complexity index is 365. The van der Waals surface area contributed by atoms with E-state index >= 15 is 0 Å². The molecular formula is C10H14ClN3O2. The van der Waals surface area contributed by atoms with Crippen molar-refractivity contribution >= 4 is 35.6 Å². The van der Waals surface area contributed by atoms with Crippen LogP contribution in [-0.4, -0.2) is 18.4 Å². The van der Waals surface area contributed by atoms with Crippen LogP contribution in [0.5, 0.6) is 0 Å². The molecule has 0 heterocycles. The summed E-state index contributed by atoms with van der Waals surface area (Å²) >= 11 is 0. The highest BCUT2D eigenvalue weighted by molar-refractivity contribution is 5.93. The maximum absolute atomic E-state index is 10.9. The molecule has 6 heteroatoms. The number of carbonyl (C=O) groups excluding carboxylic acids is 2. The number of rotatable bonds is 3. The van der Waals surface area contributed by atoms with E-state index in [1.165, 1.54) is 6.92 Å². The Kier molecular flexibility index (Phi) is 6.14. The minimum absolute atomic E-state index is 0. The third-order valence-electron chi connectivity index (χ3n) is 1.67. The largest absolute Gasteiger partial charge is 0.326 e. The first-order valence-electron chi connectivity index (χ1n) is 4.49. The molecule has 0 unspecified atom stereocenters. The Morgan fingerprint density at radius 3 is 1.94 bits per heavy atom. The minimum Gasteiger partial charge on any atom is -0.326 e. The van der Waals surface area contributed by atoms with Crippen molar-refractivity contribution in [3.8, 4) is 0 Å². The Morgan fingerprint density at radius 2 is 1.56 bits per heavy atom. The second kappa shape index (κ2) is 6.81. The van der Waals surface area contributed by atoms with E-state index < -0.39 is 0 Å². The monoisotopic (exact) mass is 243 g/mol. The number of anilines is 2. The van der Waals surface area contributed by atoms with Crippen LogP contribution >= 0.6 is 12.4 Å².